The fourth-order valence-corrected chi connectivity index (χ4v) is 9.77. The summed E-state index contributed by atoms with van der Waals surface area (Å²) in [7, 11) is 0. The molecular formula is C32H54O. The van der Waals surface area contributed by atoms with Crippen LogP contribution in [0.5, 0.6) is 0 Å². The van der Waals surface area contributed by atoms with Gasteiger partial charge in [0, 0.05) is 5.92 Å². The Bertz CT molecular complexity index is 811. The summed E-state index contributed by atoms with van der Waals surface area (Å²) in [6, 6.07) is 0. The Balaban J connectivity index is 1.64. The fraction of sp³-hybridized carbons (Fsp3) is 0.906. The quantitative estimate of drug-likeness (QED) is 0.413. The van der Waals surface area contributed by atoms with Crippen molar-refractivity contribution >= 4 is 5.78 Å². The van der Waals surface area contributed by atoms with E-state index in [-0.39, 0.29) is 16.7 Å². The first-order valence-corrected chi connectivity index (χ1v) is 14.3. The monoisotopic (exact) mass is 454 g/mol. The molecule has 188 valence electrons. The molecule has 0 N–H and O–H groups in total. The molecule has 0 amide bonds. The van der Waals surface area contributed by atoms with E-state index >= 15 is 0 Å². The summed E-state index contributed by atoms with van der Waals surface area (Å²) >= 11 is 0. The maximum atomic E-state index is 13.6. The molecule has 0 aromatic carbocycles. The number of ketones is 1. The predicted molar refractivity (Wildman–Crippen MR) is 141 cm³/mol. The smallest absolute Gasteiger partial charge is 0.159 e. The Morgan fingerprint density at radius 2 is 1.58 bits per heavy atom. The van der Waals surface area contributed by atoms with Crippen LogP contribution in [-0.2, 0) is 4.79 Å². The van der Waals surface area contributed by atoms with Crippen LogP contribution in [0.1, 0.15) is 127 Å². The van der Waals surface area contributed by atoms with E-state index in [0.29, 0.717) is 33.9 Å². The second-order valence-electron chi connectivity index (χ2n) is 15.8. The highest BCUT2D eigenvalue weighted by Crippen LogP contribution is 2.73. The summed E-state index contributed by atoms with van der Waals surface area (Å²) in [5.41, 5.74) is 3.06. The lowest BCUT2D eigenvalue weighted by molar-refractivity contribution is -0.134. The molecule has 3 fully saturated rings. The fourth-order valence-electron chi connectivity index (χ4n) is 9.77. The van der Waals surface area contributed by atoms with E-state index in [1.165, 1.54) is 51.4 Å². The molecule has 33 heavy (non-hydrogen) atoms. The maximum absolute atomic E-state index is 13.6. The van der Waals surface area contributed by atoms with Gasteiger partial charge in [-0.15, -0.1) is 0 Å². The summed E-state index contributed by atoms with van der Waals surface area (Å²) in [5, 5.41) is 0. The van der Waals surface area contributed by atoms with Crippen LogP contribution < -0.4 is 0 Å². The van der Waals surface area contributed by atoms with Crippen molar-refractivity contribution in [1.82, 2.24) is 0 Å². The van der Waals surface area contributed by atoms with Crippen LogP contribution >= 0.6 is 0 Å². The number of hydrogen-bond acceptors (Lipinski definition) is 1. The second-order valence-corrected chi connectivity index (χ2v) is 15.8. The van der Waals surface area contributed by atoms with Gasteiger partial charge in [-0.2, -0.15) is 0 Å². The van der Waals surface area contributed by atoms with Gasteiger partial charge in [-0.25, -0.2) is 0 Å². The third-order valence-corrected chi connectivity index (χ3v) is 12.2. The van der Waals surface area contributed by atoms with E-state index in [9.17, 15) is 4.79 Å². The van der Waals surface area contributed by atoms with Gasteiger partial charge >= 0.3 is 0 Å². The lowest BCUT2D eigenvalue weighted by atomic mass is 9.42. The number of allylic oxidation sites excluding steroid dienone is 2. The van der Waals surface area contributed by atoms with Crippen molar-refractivity contribution in [2.24, 2.45) is 56.7 Å². The standard InChI is InChI=1S/C32H54O/c1-21-18-25-26(33)19-24-23(30(25,8)20-22(21)2)12-16-32(10)27(13-17-31(24,32)9)29(6,7)15-11-14-28(3,4)5/h19,21-23,25,27H,11-18,20H2,1-10H3/t21-,22-,23?,25-,27+,30+,31-,32+/m0/s1. The molecule has 3 saturated carbocycles. The molecule has 0 aromatic rings. The van der Waals surface area contributed by atoms with E-state index < -0.39 is 0 Å². The molecule has 0 aromatic heterocycles. The lowest BCUT2D eigenvalue weighted by Crippen LogP contribution is -2.56. The van der Waals surface area contributed by atoms with Crippen LogP contribution in [0.4, 0.5) is 0 Å². The van der Waals surface area contributed by atoms with Crippen LogP contribution in [-0.4, -0.2) is 5.78 Å². The van der Waals surface area contributed by atoms with E-state index in [2.05, 4.69) is 75.3 Å². The summed E-state index contributed by atoms with van der Waals surface area (Å²) in [5.74, 6) is 3.52. The van der Waals surface area contributed by atoms with Gasteiger partial charge in [0.1, 0.15) is 0 Å². The van der Waals surface area contributed by atoms with Gasteiger partial charge < -0.3 is 0 Å². The third-order valence-electron chi connectivity index (χ3n) is 12.2. The van der Waals surface area contributed by atoms with Crippen LogP contribution in [0.3, 0.4) is 0 Å². The largest absolute Gasteiger partial charge is 0.295 e. The maximum Gasteiger partial charge on any atom is 0.159 e. The van der Waals surface area contributed by atoms with Crippen LogP contribution in [0.25, 0.3) is 0 Å². The highest BCUT2D eigenvalue weighted by molar-refractivity contribution is 5.94. The lowest BCUT2D eigenvalue weighted by Gasteiger charge is -2.62. The highest BCUT2D eigenvalue weighted by Gasteiger charge is 2.66. The molecule has 4 aliphatic rings. The van der Waals surface area contributed by atoms with Crippen LogP contribution in [0, 0.1) is 56.7 Å². The van der Waals surface area contributed by atoms with Gasteiger partial charge in [-0.3, -0.25) is 4.79 Å². The molecule has 1 unspecified atom stereocenters. The molecule has 4 aliphatic carbocycles. The summed E-state index contributed by atoms with van der Waals surface area (Å²) in [6.45, 7) is 24.8. The minimum atomic E-state index is 0.178. The summed E-state index contributed by atoms with van der Waals surface area (Å²) < 4.78 is 0. The Morgan fingerprint density at radius 3 is 2.21 bits per heavy atom. The number of fused-ring (bicyclic) bond motifs is 5. The number of carbonyl (C=O) groups is 1. The molecule has 0 bridgehead atoms. The van der Waals surface area contributed by atoms with E-state index in [4.69, 9.17) is 0 Å². The van der Waals surface area contributed by atoms with Gasteiger partial charge in [-0.05, 0) is 108 Å². The number of rotatable bonds is 4. The zero-order valence-electron chi connectivity index (χ0n) is 23.7. The molecule has 8 atom stereocenters. The first-order chi connectivity index (χ1) is 15.1. The Hall–Kier alpha value is -0.590. The van der Waals surface area contributed by atoms with Crippen LogP contribution in [0.2, 0.25) is 0 Å². The molecule has 0 spiro atoms. The van der Waals surface area contributed by atoms with Gasteiger partial charge in [-0.1, -0.05) is 81.2 Å². The minimum absolute atomic E-state index is 0.178. The number of carbonyl (C=O) groups excluding carboxylic acids is 1. The molecule has 0 aliphatic heterocycles. The van der Waals surface area contributed by atoms with Gasteiger partial charge in [0.2, 0.25) is 0 Å². The number of hydrogen-bond donors (Lipinski definition) is 0. The van der Waals surface area contributed by atoms with Crippen LogP contribution in [0.15, 0.2) is 11.6 Å². The molecule has 1 heteroatoms. The zero-order chi connectivity index (χ0) is 24.6. The molecule has 4 rings (SSSR count). The Labute approximate surface area is 206 Å². The van der Waals surface area contributed by atoms with Gasteiger partial charge in [0.05, 0.1) is 0 Å². The van der Waals surface area contributed by atoms with E-state index in [1.807, 2.05) is 0 Å². The van der Waals surface area contributed by atoms with E-state index in [0.717, 1.165) is 18.3 Å². The molecule has 0 saturated heterocycles. The average Bonchev–Trinajstić information content (AvgIpc) is 2.95. The summed E-state index contributed by atoms with van der Waals surface area (Å²) in [4.78, 5) is 13.6. The van der Waals surface area contributed by atoms with Crippen molar-refractivity contribution in [3.63, 3.8) is 0 Å². The van der Waals surface area contributed by atoms with Crippen molar-refractivity contribution in [2.45, 2.75) is 127 Å². The van der Waals surface area contributed by atoms with Crippen molar-refractivity contribution in [1.29, 1.82) is 0 Å². The molecular weight excluding hydrogens is 400 g/mol. The van der Waals surface area contributed by atoms with E-state index in [1.54, 1.807) is 5.57 Å². The second kappa shape index (κ2) is 7.96. The van der Waals surface area contributed by atoms with Gasteiger partial charge in [0.15, 0.2) is 5.78 Å². The highest BCUT2D eigenvalue weighted by atomic mass is 16.1. The van der Waals surface area contributed by atoms with Crippen molar-refractivity contribution in [3.8, 4) is 0 Å². The van der Waals surface area contributed by atoms with Crippen molar-refractivity contribution in [3.05, 3.63) is 11.6 Å². The Morgan fingerprint density at radius 1 is 0.909 bits per heavy atom. The normalized spacial score (nSPS) is 45.8. The summed E-state index contributed by atoms with van der Waals surface area (Å²) in [6.07, 6.45) is 13.8. The Kier molecular flexibility index (Phi) is 6.15. The van der Waals surface area contributed by atoms with Crippen molar-refractivity contribution in [2.75, 3.05) is 0 Å². The first-order valence-electron chi connectivity index (χ1n) is 14.3. The SMILES string of the molecule is C[C@H]1C[C@H]2C(=O)C=C3C(CC[C@]4(C)[C@@H](C(C)(C)CCCC(C)(C)C)CC[C@@]34C)[C@@]2(C)C[C@@H]1C. The minimum Gasteiger partial charge on any atom is -0.295 e. The molecule has 0 radical (unpaired) electrons. The topological polar surface area (TPSA) is 17.1 Å². The zero-order valence-corrected chi connectivity index (χ0v) is 23.7. The predicted octanol–water partition coefficient (Wildman–Crippen LogP) is 9.26. The van der Waals surface area contributed by atoms with Crippen molar-refractivity contribution < 1.29 is 4.79 Å². The third kappa shape index (κ3) is 3.91. The molecule has 0 heterocycles. The molecule has 1 nitrogen and oxygen atoms in total. The van der Waals surface area contributed by atoms with Gasteiger partial charge in [0.25, 0.3) is 0 Å². The average molecular weight is 455 g/mol. The first kappa shape index (κ1) is 25.5.